The first-order valence-electron chi connectivity index (χ1n) is 6.29. The maximum atomic E-state index is 4.41. The van der Waals surface area contributed by atoms with Crippen molar-refractivity contribution < 1.29 is 0 Å². The van der Waals surface area contributed by atoms with E-state index < -0.39 is 0 Å². The van der Waals surface area contributed by atoms with E-state index in [9.17, 15) is 0 Å². The second-order valence-corrected chi connectivity index (χ2v) is 4.92. The van der Waals surface area contributed by atoms with Gasteiger partial charge in [0.25, 0.3) is 0 Å². The van der Waals surface area contributed by atoms with Crippen molar-refractivity contribution in [3.8, 4) is 0 Å². The van der Waals surface area contributed by atoms with Gasteiger partial charge in [-0.1, -0.05) is 0 Å². The van der Waals surface area contributed by atoms with Crippen LogP contribution in [0.3, 0.4) is 0 Å². The zero-order chi connectivity index (χ0) is 13.1. The third-order valence-electron chi connectivity index (χ3n) is 3.04. The molecular formula is C13H22ClN5. The van der Waals surface area contributed by atoms with Crippen LogP contribution >= 0.6 is 12.4 Å². The van der Waals surface area contributed by atoms with E-state index in [1.807, 2.05) is 30.3 Å². The molecule has 106 valence electrons. The van der Waals surface area contributed by atoms with E-state index in [-0.39, 0.29) is 12.4 Å². The lowest BCUT2D eigenvalue weighted by Gasteiger charge is -2.09. The van der Waals surface area contributed by atoms with Crippen LogP contribution in [0.15, 0.2) is 18.6 Å². The van der Waals surface area contributed by atoms with E-state index in [1.165, 1.54) is 16.8 Å². The van der Waals surface area contributed by atoms with Crippen molar-refractivity contribution in [1.29, 1.82) is 0 Å². The van der Waals surface area contributed by atoms with Gasteiger partial charge in [-0.2, -0.15) is 10.2 Å². The molecule has 2 heterocycles. The normalized spacial score (nSPS) is 10.8. The van der Waals surface area contributed by atoms with E-state index >= 15 is 0 Å². The molecule has 0 saturated heterocycles. The molecule has 0 aliphatic rings. The molecule has 0 radical (unpaired) electrons. The van der Waals surface area contributed by atoms with Gasteiger partial charge in [0.15, 0.2) is 0 Å². The Morgan fingerprint density at radius 3 is 2.47 bits per heavy atom. The zero-order valence-electron chi connectivity index (χ0n) is 11.9. The summed E-state index contributed by atoms with van der Waals surface area (Å²) in [5.74, 6) is 0. The van der Waals surface area contributed by atoms with Crippen molar-refractivity contribution in [1.82, 2.24) is 24.9 Å². The Morgan fingerprint density at radius 2 is 1.95 bits per heavy atom. The number of rotatable bonds is 5. The van der Waals surface area contributed by atoms with Gasteiger partial charge in [-0.3, -0.25) is 9.36 Å². The molecule has 5 nitrogen and oxygen atoms in total. The number of halogens is 1. The summed E-state index contributed by atoms with van der Waals surface area (Å²) in [6, 6.07) is 0.414. The Kier molecular flexibility index (Phi) is 5.57. The highest BCUT2D eigenvalue weighted by Crippen LogP contribution is 2.12. The fraction of sp³-hybridized carbons (Fsp3) is 0.538. The molecule has 0 atom stereocenters. The Balaban J connectivity index is 0.00000180. The van der Waals surface area contributed by atoms with Crippen LogP contribution < -0.4 is 5.32 Å². The van der Waals surface area contributed by atoms with Crippen LogP contribution in [0.5, 0.6) is 0 Å². The summed E-state index contributed by atoms with van der Waals surface area (Å²) in [6.45, 7) is 8.08. The van der Waals surface area contributed by atoms with E-state index in [4.69, 9.17) is 0 Å². The molecule has 2 rings (SSSR count). The molecule has 0 spiro atoms. The fourth-order valence-electron chi connectivity index (χ4n) is 2.06. The first-order valence-corrected chi connectivity index (χ1v) is 6.29. The molecule has 0 saturated carbocycles. The number of nitrogens with zero attached hydrogens (tertiary/aromatic N) is 4. The Hall–Kier alpha value is -1.33. The van der Waals surface area contributed by atoms with Crippen molar-refractivity contribution >= 4 is 12.4 Å². The third kappa shape index (κ3) is 3.81. The summed E-state index contributed by atoms with van der Waals surface area (Å²) in [5, 5.41) is 12.0. The van der Waals surface area contributed by atoms with Crippen molar-refractivity contribution in [3.05, 3.63) is 35.4 Å². The molecule has 0 bridgehead atoms. The molecule has 0 aliphatic carbocycles. The van der Waals surface area contributed by atoms with Gasteiger partial charge in [-0.15, -0.1) is 12.4 Å². The van der Waals surface area contributed by atoms with Crippen LogP contribution in [0.1, 0.15) is 36.7 Å². The zero-order valence-corrected chi connectivity index (χ0v) is 12.7. The topological polar surface area (TPSA) is 47.7 Å². The van der Waals surface area contributed by atoms with Crippen molar-refractivity contribution in [2.45, 2.75) is 39.9 Å². The number of aromatic nitrogens is 4. The maximum Gasteiger partial charge on any atom is 0.0537 e. The first kappa shape index (κ1) is 15.7. The standard InChI is InChI=1S/C13H21N5.ClH/c1-10(2)18-11(3)13(8-16-18)7-14-5-12-6-15-17(4)9-12;/h6,8-10,14H,5,7H2,1-4H3;1H. The smallest absolute Gasteiger partial charge is 0.0537 e. The lowest BCUT2D eigenvalue weighted by atomic mass is 10.2. The number of nitrogens with one attached hydrogen (secondary N) is 1. The van der Waals surface area contributed by atoms with Gasteiger partial charge < -0.3 is 5.32 Å². The summed E-state index contributed by atoms with van der Waals surface area (Å²) in [5.41, 5.74) is 3.70. The lowest BCUT2D eigenvalue weighted by Crippen LogP contribution is -2.13. The van der Waals surface area contributed by atoms with Crippen molar-refractivity contribution in [2.75, 3.05) is 0 Å². The van der Waals surface area contributed by atoms with Crippen LogP contribution in [-0.2, 0) is 20.1 Å². The summed E-state index contributed by atoms with van der Waals surface area (Å²) >= 11 is 0. The van der Waals surface area contributed by atoms with Gasteiger partial charge in [0.1, 0.15) is 0 Å². The van der Waals surface area contributed by atoms with Crippen LogP contribution in [0.25, 0.3) is 0 Å². The quantitative estimate of drug-likeness (QED) is 0.915. The lowest BCUT2D eigenvalue weighted by molar-refractivity contribution is 0.517. The van der Waals surface area contributed by atoms with E-state index in [0.29, 0.717) is 6.04 Å². The molecule has 0 fully saturated rings. The van der Waals surface area contributed by atoms with Gasteiger partial charge in [-0.25, -0.2) is 0 Å². The highest BCUT2D eigenvalue weighted by molar-refractivity contribution is 5.85. The largest absolute Gasteiger partial charge is 0.308 e. The molecule has 0 amide bonds. The van der Waals surface area contributed by atoms with E-state index in [0.717, 1.165) is 13.1 Å². The van der Waals surface area contributed by atoms with Gasteiger partial charge in [0, 0.05) is 49.2 Å². The molecule has 2 aromatic rings. The minimum atomic E-state index is 0. The molecule has 1 N–H and O–H groups in total. The summed E-state index contributed by atoms with van der Waals surface area (Å²) in [4.78, 5) is 0. The van der Waals surface area contributed by atoms with E-state index in [2.05, 4.69) is 41.0 Å². The highest BCUT2D eigenvalue weighted by atomic mass is 35.5. The summed E-state index contributed by atoms with van der Waals surface area (Å²) < 4.78 is 3.88. The van der Waals surface area contributed by atoms with Gasteiger partial charge >= 0.3 is 0 Å². The SMILES string of the molecule is Cc1c(CNCc2cnn(C)c2)cnn1C(C)C.Cl. The fourth-order valence-corrected chi connectivity index (χ4v) is 2.06. The van der Waals surface area contributed by atoms with Crippen LogP contribution in [0, 0.1) is 6.92 Å². The van der Waals surface area contributed by atoms with Crippen LogP contribution in [-0.4, -0.2) is 19.6 Å². The number of hydrogen-bond donors (Lipinski definition) is 1. The molecule has 0 unspecified atom stereocenters. The number of aryl methyl sites for hydroxylation is 1. The second kappa shape index (κ2) is 6.73. The van der Waals surface area contributed by atoms with E-state index in [1.54, 1.807) is 0 Å². The molecular weight excluding hydrogens is 262 g/mol. The minimum absolute atomic E-state index is 0. The monoisotopic (exact) mass is 283 g/mol. The third-order valence-corrected chi connectivity index (χ3v) is 3.04. The first-order chi connectivity index (χ1) is 8.58. The number of hydrogen-bond acceptors (Lipinski definition) is 3. The van der Waals surface area contributed by atoms with Gasteiger partial charge in [0.2, 0.25) is 0 Å². The maximum absolute atomic E-state index is 4.41. The average Bonchev–Trinajstić information content (AvgIpc) is 2.87. The average molecular weight is 284 g/mol. The molecule has 0 aromatic carbocycles. The minimum Gasteiger partial charge on any atom is -0.308 e. The summed E-state index contributed by atoms with van der Waals surface area (Å²) in [6.07, 6.45) is 5.86. The molecule has 6 heteroatoms. The second-order valence-electron chi connectivity index (χ2n) is 4.92. The molecule has 2 aromatic heterocycles. The molecule has 19 heavy (non-hydrogen) atoms. The predicted octanol–water partition coefficient (Wildman–Crippen LogP) is 2.22. The Bertz CT molecular complexity index is 515. The van der Waals surface area contributed by atoms with Crippen molar-refractivity contribution in [3.63, 3.8) is 0 Å². The van der Waals surface area contributed by atoms with Crippen LogP contribution in [0.2, 0.25) is 0 Å². The molecule has 0 aliphatic heterocycles. The van der Waals surface area contributed by atoms with Gasteiger partial charge in [-0.05, 0) is 20.8 Å². The highest BCUT2D eigenvalue weighted by Gasteiger charge is 2.08. The Morgan fingerprint density at radius 1 is 1.21 bits per heavy atom. The van der Waals surface area contributed by atoms with Crippen molar-refractivity contribution in [2.24, 2.45) is 7.05 Å². The summed E-state index contributed by atoms with van der Waals surface area (Å²) in [7, 11) is 1.93. The van der Waals surface area contributed by atoms with Gasteiger partial charge in [0.05, 0.1) is 12.4 Å². The van der Waals surface area contributed by atoms with Crippen LogP contribution in [0.4, 0.5) is 0 Å². The predicted molar refractivity (Wildman–Crippen MR) is 78.3 cm³/mol. The Labute approximate surface area is 120 Å².